The molecule has 1 aliphatic heterocycles. The highest BCUT2D eigenvalue weighted by atomic mass is 32.2. The Bertz CT molecular complexity index is 243. The van der Waals surface area contributed by atoms with Gasteiger partial charge in [-0.2, -0.15) is 0 Å². The Morgan fingerprint density at radius 3 is 2.62 bits per heavy atom. The summed E-state index contributed by atoms with van der Waals surface area (Å²) in [5.41, 5.74) is 0. The number of nitrogens with zero attached hydrogens (tertiary/aromatic N) is 1. The van der Waals surface area contributed by atoms with Crippen molar-refractivity contribution < 1.29 is 8.42 Å². The van der Waals surface area contributed by atoms with Gasteiger partial charge in [-0.3, -0.25) is 0 Å². The van der Waals surface area contributed by atoms with Crippen molar-refractivity contribution in [2.45, 2.75) is 12.8 Å². The number of hydrogen-bond donors (Lipinski definition) is 1. The van der Waals surface area contributed by atoms with Crippen molar-refractivity contribution in [2.75, 3.05) is 32.9 Å². The molecule has 0 amide bonds. The van der Waals surface area contributed by atoms with E-state index in [-0.39, 0.29) is 5.75 Å². The van der Waals surface area contributed by atoms with Crippen LogP contribution in [0.5, 0.6) is 0 Å². The lowest BCUT2D eigenvalue weighted by atomic mass is 10.0. The Hall–Kier alpha value is -0.130. The van der Waals surface area contributed by atoms with Crippen LogP contribution in [0.15, 0.2) is 0 Å². The van der Waals surface area contributed by atoms with Crippen LogP contribution in [0.3, 0.4) is 0 Å². The van der Waals surface area contributed by atoms with E-state index in [0.29, 0.717) is 5.92 Å². The fraction of sp³-hybridized carbons (Fsp3) is 1.00. The highest BCUT2D eigenvalue weighted by molar-refractivity contribution is 7.89. The second-order valence-electron chi connectivity index (χ2n) is 3.77. The van der Waals surface area contributed by atoms with Gasteiger partial charge in [-0.25, -0.2) is 12.7 Å². The second-order valence-corrected chi connectivity index (χ2v) is 6.00. The van der Waals surface area contributed by atoms with Crippen LogP contribution in [0, 0.1) is 5.92 Å². The van der Waals surface area contributed by atoms with Crippen molar-refractivity contribution in [2.24, 2.45) is 5.92 Å². The average Bonchev–Trinajstić information content (AvgIpc) is 2.05. The zero-order valence-electron chi connectivity index (χ0n) is 8.28. The summed E-state index contributed by atoms with van der Waals surface area (Å²) in [6.07, 6.45) is 2.12. The second kappa shape index (κ2) is 4.39. The van der Waals surface area contributed by atoms with E-state index in [1.165, 1.54) is 4.31 Å². The van der Waals surface area contributed by atoms with E-state index < -0.39 is 10.0 Å². The molecule has 1 saturated heterocycles. The third kappa shape index (κ3) is 3.25. The van der Waals surface area contributed by atoms with Gasteiger partial charge in [0.05, 0.1) is 5.75 Å². The van der Waals surface area contributed by atoms with Crippen molar-refractivity contribution in [3.8, 4) is 0 Å². The first kappa shape index (κ1) is 10.9. The third-order valence-corrected chi connectivity index (χ3v) is 4.41. The maximum atomic E-state index is 11.5. The van der Waals surface area contributed by atoms with Gasteiger partial charge in [-0.05, 0) is 31.8 Å². The molecule has 1 fully saturated rings. The van der Waals surface area contributed by atoms with Gasteiger partial charge in [-0.1, -0.05) is 0 Å². The molecule has 78 valence electrons. The summed E-state index contributed by atoms with van der Waals surface area (Å²) in [6.45, 7) is 1.87. The van der Waals surface area contributed by atoms with Gasteiger partial charge in [0.25, 0.3) is 0 Å². The Balaban J connectivity index is 2.47. The molecule has 0 aliphatic carbocycles. The minimum Gasteiger partial charge on any atom is -0.316 e. The van der Waals surface area contributed by atoms with Crippen molar-refractivity contribution in [1.29, 1.82) is 0 Å². The monoisotopic (exact) mass is 206 g/mol. The normalized spacial score (nSPS) is 25.0. The van der Waals surface area contributed by atoms with E-state index in [4.69, 9.17) is 0 Å². The lowest BCUT2D eigenvalue weighted by Crippen LogP contribution is -2.37. The molecule has 13 heavy (non-hydrogen) atoms. The molecule has 0 spiro atoms. The number of piperidine rings is 1. The molecular formula is C8H18N2O2S. The maximum Gasteiger partial charge on any atom is 0.213 e. The molecule has 1 rings (SSSR count). The van der Waals surface area contributed by atoms with Crippen LogP contribution in [-0.4, -0.2) is 45.7 Å². The first-order valence-corrected chi connectivity index (χ1v) is 6.24. The molecule has 1 N–H and O–H groups in total. The van der Waals surface area contributed by atoms with Crippen LogP contribution in [0.4, 0.5) is 0 Å². The summed E-state index contributed by atoms with van der Waals surface area (Å²) >= 11 is 0. The van der Waals surface area contributed by atoms with Crippen LogP contribution in [0.25, 0.3) is 0 Å². The van der Waals surface area contributed by atoms with E-state index in [9.17, 15) is 8.42 Å². The maximum absolute atomic E-state index is 11.5. The molecule has 0 radical (unpaired) electrons. The molecule has 0 aromatic rings. The molecule has 1 atom stereocenters. The highest BCUT2D eigenvalue weighted by Gasteiger charge is 2.22. The fourth-order valence-corrected chi connectivity index (χ4v) is 2.69. The van der Waals surface area contributed by atoms with Crippen molar-refractivity contribution >= 4 is 10.0 Å². The first-order valence-electron chi connectivity index (χ1n) is 4.63. The van der Waals surface area contributed by atoms with Crippen LogP contribution in [0.1, 0.15) is 12.8 Å². The lowest BCUT2D eigenvalue weighted by molar-refractivity contribution is 0.397. The highest BCUT2D eigenvalue weighted by Crippen LogP contribution is 2.13. The Morgan fingerprint density at radius 1 is 1.46 bits per heavy atom. The molecule has 0 bridgehead atoms. The number of nitrogens with one attached hydrogen (secondary N) is 1. The van der Waals surface area contributed by atoms with Gasteiger partial charge in [0.2, 0.25) is 10.0 Å². The topological polar surface area (TPSA) is 49.4 Å². The van der Waals surface area contributed by atoms with Crippen LogP contribution in [0.2, 0.25) is 0 Å². The van der Waals surface area contributed by atoms with E-state index in [0.717, 1.165) is 25.9 Å². The minimum atomic E-state index is -3.00. The summed E-state index contributed by atoms with van der Waals surface area (Å²) in [7, 11) is 0.173. The summed E-state index contributed by atoms with van der Waals surface area (Å²) in [6, 6.07) is 0. The Morgan fingerprint density at radius 2 is 2.15 bits per heavy atom. The quantitative estimate of drug-likeness (QED) is 0.700. The van der Waals surface area contributed by atoms with Crippen molar-refractivity contribution in [3.63, 3.8) is 0 Å². The summed E-state index contributed by atoms with van der Waals surface area (Å²) in [4.78, 5) is 0. The van der Waals surface area contributed by atoms with Gasteiger partial charge in [0.15, 0.2) is 0 Å². The SMILES string of the molecule is CN(C)S(=O)(=O)C[C@@H]1CCCNC1. The van der Waals surface area contributed by atoms with Crippen molar-refractivity contribution in [3.05, 3.63) is 0 Å². The van der Waals surface area contributed by atoms with Crippen molar-refractivity contribution in [1.82, 2.24) is 9.62 Å². The number of rotatable bonds is 3. The fourth-order valence-electron chi connectivity index (χ4n) is 1.51. The van der Waals surface area contributed by atoms with E-state index >= 15 is 0 Å². The molecule has 0 aromatic carbocycles. The molecule has 1 aliphatic rings. The molecule has 0 aromatic heterocycles. The zero-order chi connectivity index (χ0) is 9.90. The Labute approximate surface area is 80.4 Å². The number of hydrogen-bond acceptors (Lipinski definition) is 3. The molecule has 5 heteroatoms. The molecule has 0 unspecified atom stereocenters. The smallest absolute Gasteiger partial charge is 0.213 e. The average molecular weight is 206 g/mol. The van der Waals surface area contributed by atoms with Gasteiger partial charge in [0, 0.05) is 14.1 Å². The summed E-state index contributed by atoms with van der Waals surface area (Å²) in [5, 5.41) is 3.21. The molecule has 4 nitrogen and oxygen atoms in total. The summed E-state index contributed by atoms with van der Waals surface area (Å²) < 4.78 is 24.3. The van der Waals surface area contributed by atoms with Crippen LogP contribution < -0.4 is 5.32 Å². The predicted octanol–water partition coefficient (Wildman–Crippen LogP) is -0.123. The van der Waals surface area contributed by atoms with E-state index in [2.05, 4.69) is 5.32 Å². The summed E-state index contributed by atoms with van der Waals surface area (Å²) in [5.74, 6) is 0.577. The standard InChI is InChI=1S/C8H18N2O2S/c1-10(2)13(11,12)7-8-4-3-5-9-6-8/h8-9H,3-7H2,1-2H3/t8-/m1/s1. The van der Waals surface area contributed by atoms with Crippen LogP contribution in [-0.2, 0) is 10.0 Å². The third-order valence-electron chi connectivity index (χ3n) is 2.40. The van der Waals surface area contributed by atoms with Gasteiger partial charge < -0.3 is 5.32 Å². The number of sulfonamides is 1. The molecular weight excluding hydrogens is 188 g/mol. The van der Waals surface area contributed by atoms with E-state index in [1.54, 1.807) is 14.1 Å². The lowest BCUT2D eigenvalue weighted by Gasteiger charge is -2.23. The van der Waals surface area contributed by atoms with E-state index in [1.807, 2.05) is 0 Å². The van der Waals surface area contributed by atoms with Crippen LogP contribution >= 0.6 is 0 Å². The van der Waals surface area contributed by atoms with Gasteiger partial charge >= 0.3 is 0 Å². The first-order chi connectivity index (χ1) is 6.02. The minimum absolute atomic E-state index is 0.285. The van der Waals surface area contributed by atoms with Gasteiger partial charge in [0.1, 0.15) is 0 Å². The van der Waals surface area contributed by atoms with Gasteiger partial charge in [-0.15, -0.1) is 0 Å². The predicted molar refractivity (Wildman–Crippen MR) is 53.1 cm³/mol. The zero-order valence-corrected chi connectivity index (χ0v) is 9.10. The Kier molecular flexibility index (Phi) is 3.70. The largest absolute Gasteiger partial charge is 0.316 e. The molecule has 0 saturated carbocycles. The molecule has 1 heterocycles.